The van der Waals surface area contributed by atoms with Gasteiger partial charge in [0.1, 0.15) is 5.78 Å². The number of hydrogen-bond donors (Lipinski definition) is 1. The first kappa shape index (κ1) is 8.24. The number of Topliss-reactive ketones (excluding diaryl/α,β-unsaturated/α-hetero) is 1. The van der Waals surface area contributed by atoms with E-state index in [0.29, 0.717) is 24.0 Å². The highest BCUT2D eigenvalue weighted by Crippen LogP contribution is 2.35. The van der Waals surface area contributed by atoms with Crippen molar-refractivity contribution >= 4 is 5.78 Å². The van der Waals surface area contributed by atoms with Gasteiger partial charge in [-0.1, -0.05) is 6.42 Å². The van der Waals surface area contributed by atoms with Gasteiger partial charge in [0, 0.05) is 18.4 Å². The second-order valence-corrected chi connectivity index (χ2v) is 4.30. The first-order valence-corrected chi connectivity index (χ1v) is 5.05. The maximum atomic E-state index is 11.5. The van der Waals surface area contributed by atoms with Crippen LogP contribution in [0, 0.1) is 11.8 Å². The van der Waals surface area contributed by atoms with Crippen LogP contribution in [0.1, 0.15) is 38.5 Å². The van der Waals surface area contributed by atoms with Crippen molar-refractivity contribution in [2.24, 2.45) is 17.6 Å². The van der Waals surface area contributed by atoms with E-state index in [4.69, 9.17) is 5.73 Å². The smallest absolute Gasteiger partial charge is 0.137 e. The van der Waals surface area contributed by atoms with Crippen LogP contribution >= 0.6 is 0 Å². The molecule has 2 heteroatoms. The summed E-state index contributed by atoms with van der Waals surface area (Å²) in [7, 11) is 0. The fourth-order valence-electron chi connectivity index (χ4n) is 1.82. The fraction of sp³-hybridized carbons (Fsp3) is 0.900. The van der Waals surface area contributed by atoms with Crippen LogP contribution in [0.3, 0.4) is 0 Å². The quantitative estimate of drug-likeness (QED) is 0.689. The van der Waals surface area contributed by atoms with Crippen LogP contribution in [0.15, 0.2) is 0 Å². The van der Waals surface area contributed by atoms with Gasteiger partial charge in [-0.15, -0.1) is 0 Å². The van der Waals surface area contributed by atoms with Crippen molar-refractivity contribution in [1.29, 1.82) is 0 Å². The molecule has 0 saturated heterocycles. The van der Waals surface area contributed by atoms with Crippen molar-refractivity contribution in [3.8, 4) is 0 Å². The molecule has 2 nitrogen and oxygen atoms in total. The molecule has 0 aromatic heterocycles. The molecule has 2 N–H and O–H groups in total. The second-order valence-electron chi connectivity index (χ2n) is 4.30. The summed E-state index contributed by atoms with van der Waals surface area (Å²) in [6.07, 6.45) is 6.63. The summed E-state index contributed by atoms with van der Waals surface area (Å²) in [6, 6.07) is 0.179. The molecule has 0 heterocycles. The summed E-state index contributed by atoms with van der Waals surface area (Å²) in [6.45, 7) is 0. The van der Waals surface area contributed by atoms with E-state index in [-0.39, 0.29) is 6.04 Å². The van der Waals surface area contributed by atoms with Gasteiger partial charge in [0.2, 0.25) is 0 Å². The number of nitrogens with two attached hydrogens (primary N) is 1. The average molecular weight is 167 g/mol. The molecule has 12 heavy (non-hydrogen) atoms. The zero-order valence-electron chi connectivity index (χ0n) is 7.46. The van der Waals surface area contributed by atoms with Crippen LogP contribution in [0.2, 0.25) is 0 Å². The number of carbonyl (C=O) groups is 1. The predicted molar refractivity (Wildman–Crippen MR) is 47.7 cm³/mol. The van der Waals surface area contributed by atoms with Crippen LogP contribution in [0.5, 0.6) is 0 Å². The van der Waals surface area contributed by atoms with E-state index in [1.165, 1.54) is 19.3 Å². The third kappa shape index (κ3) is 1.69. The Bertz CT molecular complexity index is 182. The summed E-state index contributed by atoms with van der Waals surface area (Å²) < 4.78 is 0. The lowest BCUT2D eigenvalue weighted by molar-refractivity contribution is -0.125. The Hall–Kier alpha value is -0.370. The van der Waals surface area contributed by atoms with E-state index in [2.05, 4.69) is 0 Å². The van der Waals surface area contributed by atoms with Crippen LogP contribution in [-0.4, -0.2) is 11.8 Å². The first-order chi connectivity index (χ1) is 5.77. The van der Waals surface area contributed by atoms with Gasteiger partial charge in [-0.05, 0) is 31.6 Å². The molecule has 0 aromatic rings. The number of carbonyl (C=O) groups excluding carboxylic acids is 1. The van der Waals surface area contributed by atoms with Crippen LogP contribution in [0.25, 0.3) is 0 Å². The molecule has 2 rings (SSSR count). The molecular weight excluding hydrogens is 150 g/mol. The number of hydrogen-bond acceptors (Lipinski definition) is 2. The minimum absolute atomic E-state index is 0.179. The maximum absolute atomic E-state index is 11.5. The molecule has 1 unspecified atom stereocenters. The molecule has 0 amide bonds. The topological polar surface area (TPSA) is 43.1 Å². The summed E-state index contributed by atoms with van der Waals surface area (Å²) >= 11 is 0. The highest BCUT2D eigenvalue weighted by molar-refractivity contribution is 5.82. The van der Waals surface area contributed by atoms with Crippen LogP contribution in [0.4, 0.5) is 0 Å². The summed E-state index contributed by atoms with van der Waals surface area (Å²) in [5, 5.41) is 0. The molecule has 0 aromatic carbocycles. The fourth-order valence-corrected chi connectivity index (χ4v) is 1.82. The molecule has 0 spiro atoms. The lowest BCUT2D eigenvalue weighted by Crippen LogP contribution is -2.31. The number of ketones is 1. The SMILES string of the molecule is NC(CC(=O)C1CCC1)C1CC1. The molecule has 2 aliphatic rings. The molecule has 68 valence electrons. The Labute approximate surface area is 73.5 Å². The summed E-state index contributed by atoms with van der Waals surface area (Å²) in [4.78, 5) is 11.5. The van der Waals surface area contributed by atoms with Gasteiger partial charge < -0.3 is 5.73 Å². The van der Waals surface area contributed by atoms with E-state index in [1.54, 1.807) is 0 Å². The molecular formula is C10H17NO. The monoisotopic (exact) mass is 167 g/mol. The van der Waals surface area contributed by atoms with Crippen LogP contribution in [-0.2, 0) is 4.79 Å². The van der Waals surface area contributed by atoms with Crippen molar-refractivity contribution in [2.75, 3.05) is 0 Å². The lowest BCUT2D eigenvalue weighted by atomic mass is 9.80. The van der Waals surface area contributed by atoms with Crippen molar-refractivity contribution in [1.82, 2.24) is 0 Å². The average Bonchev–Trinajstić information content (AvgIpc) is 2.61. The van der Waals surface area contributed by atoms with E-state index < -0.39 is 0 Å². The molecule has 2 fully saturated rings. The summed E-state index contributed by atoms with van der Waals surface area (Å²) in [5.41, 5.74) is 5.88. The van der Waals surface area contributed by atoms with Crippen molar-refractivity contribution in [2.45, 2.75) is 44.6 Å². The minimum atomic E-state index is 0.179. The van der Waals surface area contributed by atoms with Gasteiger partial charge in [0.05, 0.1) is 0 Å². The Balaban J connectivity index is 1.73. The van der Waals surface area contributed by atoms with Gasteiger partial charge in [-0.25, -0.2) is 0 Å². The highest BCUT2D eigenvalue weighted by atomic mass is 16.1. The van der Waals surface area contributed by atoms with Crippen LogP contribution < -0.4 is 5.73 Å². The van der Waals surface area contributed by atoms with Gasteiger partial charge in [0.15, 0.2) is 0 Å². The highest BCUT2D eigenvalue weighted by Gasteiger charge is 2.33. The molecule has 0 bridgehead atoms. The third-order valence-electron chi connectivity index (χ3n) is 3.22. The maximum Gasteiger partial charge on any atom is 0.137 e. The largest absolute Gasteiger partial charge is 0.327 e. The predicted octanol–water partition coefficient (Wildman–Crippen LogP) is 1.48. The Morgan fingerprint density at radius 2 is 2.00 bits per heavy atom. The lowest BCUT2D eigenvalue weighted by Gasteiger charge is -2.25. The van der Waals surface area contributed by atoms with E-state index in [9.17, 15) is 4.79 Å². The molecule has 0 aliphatic heterocycles. The second kappa shape index (κ2) is 3.17. The van der Waals surface area contributed by atoms with Gasteiger partial charge in [-0.3, -0.25) is 4.79 Å². The van der Waals surface area contributed by atoms with Crippen molar-refractivity contribution < 1.29 is 4.79 Å². The standard InChI is InChI=1S/C10H17NO/c11-9(7-4-5-7)6-10(12)8-2-1-3-8/h7-9H,1-6,11H2. The Morgan fingerprint density at radius 1 is 1.33 bits per heavy atom. The molecule has 0 radical (unpaired) electrons. The van der Waals surface area contributed by atoms with Crippen molar-refractivity contribution in [3.63, 3.8) is 0 Å². The summed E-state index contributed by atoms with van der Waals surface area (Å²) in [5.74, 6) is 1.49. The first-order valence-electron chi connectivity index (χ1n) is 5.05. The molecule has 2 saturated carbocycles. The van der Waals surface area contributed by atoms with Crippen molar-refractivity contribution in [3.05, 3.63) is 0 Å². The Morgan fingerprint density at radius 3 is 2.42 bits per heavy atom. The van der Waals surface area contributed by atoms with E-state index in [1.807, 2.05) is 0 Å². The van der Waals surface area contributed by atoms with Gasteiger partial charge in [0.25, 0.3) is 0 Å². The molecule has 1 atom stereocenters. The zero-order chi connectivity index (χ0) is 8.55. The minimum Gasteiger partial charge on any atom is -0.327 e. The van der Waals surface area contributed by atoms with Gasteiger partial charge >= 0.3 is 0 Å². The number of rotatable bonds is 4. The van der Waals surface area contributed by atoms with E-state index >= 15 is 0 Å². The van der Waals surface area contributed by atoms with E-state index in [0.717, 1.165) is 12.8 Å². The Kier molecular flexibility index (Phi) is 2.18. The zero-order valence-corrected chi connectivity index (χ0v) is 7.46. The molecule has 2 aliphatic carbocycles. The third-order valence-corrected chi connectivity index (χ3v) is 3.22. The van der Waals surface area contributed by atoms with Gasteiger partial charge in [-0.2, -0.15) is 0 Å². The normalized spacial score (nSPS) is 26.4.